The summed E-state index contributed by atoms with van der Waals surface area (Å²) in [5.41, 5.74) is 0.111. The van der Waals surface area contributed by atoms with Crippen LogP contribution in [0.4, 0.5) is 0 Å². The number of rotatable bonds is 0. The molecular weight excluding hydrogens is 114 g/mol. The van der Waals surface area contributed by atoms with E-state index in [0.717, 1.165) is 19.4 Å². The molecule has 9 heavy (non-hydrogen) atoms. The fourth-order valence-corrected chi connectivity index (χ4v) is 1.70. The second-order valence-corrected chi connectivity index (χ2v) is 3.27. The first kappa shape index (κ1) is 5.27. The molecule has 2 nitrogen and oxygen atoms in total. The van der Waals surface area contributed by atoms with E-state index in [0.29, 0.717) is 11.8 Å². The van der Waals surface area contributed by atoms with E-state index in [1.807, 2.05) is 0 Å². The van der Waals surface area contributed by atoms with Crippen molar-refractivity contribution in [2.75, 3.05) is 6.54 Å². The van der Waals surface area contributed by atoms with Crippen molar-refractivity contribution in [3.05, 3.63) is 0 Å². The van der Waals surface area contributed by atoms with Crippen molar-refractivity contribution in [3.63, 3.8) is 0 Å². The van der Waals surface area contributed by atoms with E-state index >= 15 is 0 Å². The van der Waals surface area contributed by atoms with Crippen molar-refractivity contribution in [3.8, 4) is 0 Å². The molecule has 2 aliphatic rings. The monoisotopic (exact) mass is 125 g/mol. The van der Waals surface area contributed by atoms with Crippen LogP contribution in [0.3, 0.4) is 0 Å². The van der Waals surface area contributed by atoms with Gasteiger partial charge in [-0.1, -0.05) is 6.92 Å². The van der Waals surface area contributed by atoms with Crippen LogP contribution in [0, 0.1) is 11.3 Å². The molecule has 0 aromatic heterocycles. The molecule has 2 fully saturated rings. The molecule has 1 atom stereocenters. The van der Waals surface area contributed by atoms with Gasteiger partial charge in [0, 0.05) is 6.54 Å². The van der Waals surface area contributed by atoms with Crippen molar-refractivity contribution >= 4 is 5.91 Å². The summed E-state index contributed by atoms with van der Waals surface area (Å²) in [7, 11) is 0. The van der Waals surface area contributed by atoms with Crippen molar-refractivity contribution < 1.29 is 4.79 Å². The maximum atomic E-state index is 11.1. The highest BCUT2D eigenvalue weighted by molar-refractivity contribution is 5.87. The zero-order valence-electron chi connectivity index (χ0n) is 5.61. The van der Waals surface area contributed by atoms with Crippen LogP contribution in [-0.2, 0) is 4.79 Å². The van der Waals surface area contributed by atoms with Gasteiger partial charge >= 0.3 is 0 Å². The molecular formula is C7H11NO. The van der Waals surface area contributed by atoms with Crippen LogP contribution in [0.5, 0.6) is 0 Å². The topological polar surface area (TPSA) is 29.1 Å². The lowest BCUT2D eigenvalue weighted by Crippen LogP contribution is -2.20. The normalized spacial score (nSPS) is 37.0. The number of hydrogen-bond acceptors (Lipinski definition) is 1. The van der Waals surface area contributed by atoms with Crippen LogP contribution in [0.1, 0.15) is 19.8 Å². The average Bonchev–Trinajstić information content (AvgIpc) is 2.56. The van der Waals surface area contributed by atoms with Gasteiger partial charge in [0.1, 0.15) is 0 Å². The van der Waals surface area contributed by atoms with Crippen molar-refractivity contribution in [1.82, 2.24) is 5.32 Å². The first-order valence-electron chi connectivity index (χ1n) is 3.54. The number of carbonyl (C=O) groups excluding carboxylic acids is 1. The molecule has 1 spiro atoms. The van der Waals surface area contributed by atoms with Gasteiger partial charge in [-0.2, -0.15) is 0 Å². The molecule has 1 saturated carbocycles. The van der Waals surface area contributed by atoms with Gasteiger partial charge in [0.05, 0.1) is 5.41 Å². The first-order valence-corrected chi connectivity index (χ1v) is 3.54. The molecule has 0 aromatic rings. The van der Waals surface area contributed by atoms with Crippen molar-refractivity contribution in [2.45, 2.75) is 19.8 Å². The maximum Gasteiger partial charge on any atom is 0.226 e. The molecule has 1 unspecified atom stereocenters. The lowest BCUT2D eigenvalue weighted by Gasteiger charge is -2.05. The Morgan fingerprint density at radius 2 is 2.33 bits per heavy atom. The Kier molecular flexibility index (Phi) is 0.765. The summed E-state index contributed by atoms with van der Waals surface area (Å²) in [5.74, 6) is 0.889. The third kappa shape index (κ3) is 0.485. The summed E-state index contributed by atoms with van der Waals surface area (Å²) in [4.78, 5) is 11.1. The highest BCUT2D eigenvalue weighted by Crippen LogP contribution is 2.54. The van der Waals surface area contributed by atoms with Gasteiger partial charge in [-0.05, 0) is 18.8 Å². The fourth-order valence-electron chi connectivity index (χ4n) is 1.70. The van der Waals surface area contributed by atoms with Crippen LogP contribution >= 0.6 is 0 Å². The predicted octanol–water partition coefficient (Wildman–Crippen LogP) is 0.532. The lowest BCUT2D eigenvalue weighted by atomic mass is 9.95. The van der Waals surface area contributed by atoms with E-state index < -0.39 is 0 Å². The van der Waals surface area contributed by atoms with Crippen LogP contribution in [-0.4, -0.2) is 12.5 Å². The zero-order chi connectivity index (χ0) is 6.48. The Labute approximate surface area is 54.6 Å². The molecule has 0 radical (unpaired) electrons. The summed E-state index contributed by atoms with van der Waals surface area (Å²) in [5, 5.41) is 2.88. The Hall–Kier alpha value is -0.530. The SMILES string of the molecule is CC1CNC(=O)C12CC2. The Morgan fingerprint density at radius 3 is 2.56 bits per heavy atom. The minimum Gasteiger partial charge on any atom is -0.355 e. The van der Waals surface area contributed by atoms with E-state index in [1.54, 1.807) is 0 Å². The third-order valence-electron chi connectivity index (χ3n) is 2.75. The molecule has 1 aliphatic carbocycles. The van der Waals surface area contributed by atoms with Crippen molar-refractivity contribution in [1.29, 1.82) is 0 Å². The summed E-state index contributed by atoms with van der Waals surface area (Å²) in [6.45, 7) is 3.06. The van der Waals surface area contributed by atoms with Gasteiger partial charge in [-0.3, -0.25) is 4.79 Å². The maximum absolute atomic E-state index is 11.1. The number of hydrogen-bond donors (Lipinski definition) is 1. The van der Waals surface area contributed by atoms with Crippen LogP contribution < -0.4 is 5.32 Å². The number of amides is 1. The van der Waals surface area contributed by atoms with E-state index in [-0.39, 0.29) is 5.41 Å². The highest BCUT2D eigenvalue weighted by atomic mass is 16.2. The van der Waals surface area contributed by atoms with Gasteiger partial charge < -0.3 is 5.32 Å². The van der Waals surface area contributed by atoms with Gasteiger partial charge in [-0.25, -0.2) is 0 Å². The number of nitrogens with one attached hydrogen (secondary N) is 1. The molecule has 1 amide bonds. The van der Waals surface area contributed by atoms with Gasteiger partial charge in [0.25, 0.3) is 0 Å². The van der Waals surface area contributed by atoms with Gasteiger partial charge in [-0.15, -0.1) is 0 Å². The Morgan fingerprint density at radius 1 is 1.67 bits per heavy atom. The molecule has 1 N–H and O–H groups in total. The van der Waals surface area contributed by atoms with Gasteiger partial charge in [0.15, 0.2) is 0 Å². The van der Waals surface area contributed by atoms with Crippen molar-refractivity contribution in [2.24, 2.45) is 11.3 Å². The fraction of sp³-hybridized carbons (Fsp3) is 0.857. The minimum atomic E-state index is 0.111. The molecule has 50 valence electrons. The quantitative estimate of drug-likeness (QED) is 0.502. The Bertz CT molecular complexity index is 160. The highest BCUT2D eigenvalue weighted by Gasteiger charge is 2.56. The van der Waals surface area contributed by atoms with E-state index in [2.05, 4.69) is 12.2 Å². The first-order chi connectivity index (χ1) is 4.26. The van der Waals surface area contributed by atoms with Crippen LogP contribution in [0.25, 0.3) is 0 Å². The predicted molar refractivity (Wildman–Crippen MR) is 33.8 cm³/mol. The third-order valence-corrected chi connectivity index (χ3v) is 2.75. The average molecular weight is 125 g/mol. The summed E-state index contributed by atoms with van der Waals surface area (Å²) in [6.07, 6.45) is 2.25. The second kappa shape index (κ2) is 1.31. The summed E-state index contributed by atoms with van der Waals surface area (Å²) >= 11 is 0. The Balaban J connectivity index is 2.26. The minimum absolute atomic E-state index is 0.111. The van der Waals surface area contributed by atoms with E-state index in [4.69, 9.17) is 0 Å². The number of carbonyl (C=O) groups is 1. The molecule has 2 heteroatoms. The molecule has 1 saturated heterocycles. The molecule has 0 aromatic carbocycles. The molecule has 0 bridgehead atoms. The summed E-state index contributed by atoms with van der Waals surface area (Å²) in [6, 6.07) is 0. The molecule has 2 rings (SSSR count). The molecule has 1 heterocycles. The smallest absolute Gasteiger partial charge is 0.226 e. The van der Waals surface area contributed by atoms with E-state index in [1.165, 1.54) is 0 Å². The molecule has 1 aliphatic heterocycles. The second-order valence-electron chi connectivity index (χ2n) is 3.27. The van der Waals surface area contributed by atoms with E-state index in [9.17, 15) is 4.79 Å². The summed E-state index contributed by atoms with van der Waals surface area (Å²) < 4.78 is 0. The van der Waals surface area contributed by atoms with Gasteiger partial charge in [0.2, 0.25) is 5.91 Å². The van der Waals surface area contributed by atoms with Crippen LogP contribution in [0.2, 0.25) is 0 Å². The zero-order valence-corrected chi connectivity index (χ0v) is 5.61. The lowest BCUT2D eigenvalue weighted by molar-refractivity contribution is -0.124. The van der Waals surface area contributed by atoms with Crippen LogP contribution in [0.15, 0.2) is 0 Å². The standard InChI is InChI=1S/C7H11NO/c1-5-4-8-6(9)7(5)2-3-7/h5H,2-4H2,1H3,(H,8,9). The largest absolute Gasteiger partial charge is 0.355 e.